The number of aliphatic carboxylic acids is 2. The standard InChI is InChI=1S/C15H28O8/c1-12(2,3)20-22-15(9-10(16)17,14(7,8)11(18)19)23-21-13(4,5)6/h9H2,1-8H3,(H,16,17)(H,18,19). The van der Waals surface area contributed by atoms with E-state index in [0.29, 0.717) is 0 Å². The van der Waals surface area contributed by atoms with E-state index in [1.807, 2.05) is 0 Å². The van der Waals surface area contributed by atoms with Gasteiger partial charge < -0.3 is 10.2 Å². The summed E-state index contributed by atoms with van der Waals surface area (Å²) >= 11 is 0. The van der Waals surface area contributed by atoms with E-state index in [9.17, 15) is 19.8 Å². The molecule has 0 fully saturated rings. The number of hydrogen-bond acceptors (Lipinski definition) is 6. The first-order valence-electron chi connectivity index (χ1n) is 7.21. The fourth-order valence-corrected chi connectivity index (χ4v) is 1.25. The Balaban J connectivity index is 5.80. The Labute approximate surface area is 136 Å². The van der Waals surface area contributed by atoms with Crippen LogP contribution in [-0.4, -0.2) is 39.1 Å². The molecule has 0 atom stereocenters. The quantitative estimate of drug-likeness (QED) is 0.395. The molecule has 0 aromatic rings. The molecule has 2 N–H and O–H groups in total. The summed E-state index contributed by atoms with van der Waals surface area (Å²) in [6, 6.07) is 0. The van der Waals surface area contributed by atoms with Crippen LogP contribution >= 0.6 is 0 Å². The topological polar surface area (TPSA) is 112 Å². The number of rotatable bonds is 8. The van der Waals surface area contributed by atoms with E-state index in [0.717, 1.165) is 0 Å². The average molecular weight is 336 g/mol. The summed E-state index contributed by atoms with van der Waals surface area (Å²) in [6.07, 6.45) is -0.793. The Morgan fingerprint density at radius 2 is 1.09 bits per heavy atom. The van der Waals surface area contributed by atoms with E-state index in [2.05, 4.69) is 0 Å². The summed E-state index contributed by atoms with van der Waals surface area (Å²) in [5.74, 6) is -4.84. The molecule has 0 spiro atoms. The molecule has 0 aliphatic carbocycles. The van der Waals surface area contributed by atoms with Crippen LogP contribution in [0.5, 0.6) is 0 Å². The van der Waals surface area contributed by atoms with Gasteiger partial charge in [-0.2, -0.15) is 9.78 Å². The molecule has 0 saturated carbocycles. The molecule has 8 heteroatoms. The first-order valence-corrected chi connectivity index (χ1v) is 7.21. The lowest BCUT2D eigenvalue weighted by molar-refractivity contribution is -0.556. The third kappa shape index (κ3) is 6.82. The van der Waals surface area contributed by atoms with E-state index < -0.39 is 40.8 Å². The van der Waals surface area contributed by atoms with Crippen LogP contribution in [0.3, 0.4) is 0 Å². The maximum absolute atomic E-state index is 11.6. The van der Waals surface area contributed by atoms with Crippen molar-refractivity contribution in [1.29, 1.82) is 0 Å². The Bertz CT molecular complexity index is 410. The van der Waals surface area contributed by atoms with Crippen molar-refractivity contribution in [2.75, 3.05) is 0 Å². The van der Waals surface area contributed by atoms with Gasteiger partial charge in [0, 0.05) is 0 Å². The molecular formula is C15H28O8. The van der Waals surface area contributed by atoms with Crippen molar-refractivity contribution in [2.45, 2.75) is 78.8 Å². The maximum atomic E-state index is 11.6. The molecule has 0 amide bonds. The van der Waals surface area contributed by atoms with Gasteiger partial charge in [0.05, 0.1) is 11.2 Å². The van der Waals surface area contributed by atoms with Gasteiger partial charge in [0.15, 0.2) is 0 Å². The van der Waals surface area contributed by atoms with Crippen molar-refractivity contribution in [2.24, 2.45) is 5.41 Å². The van der Waals surface area contributed by atoms with Gasteiger partial charge in [0.1, 0.15) is 11.8 Å². The Kier molecular flexibility index (Phi) is 6.75. The van der Waals surface area contributed by atoms with Gasteiger partial charge in [-0.25, -0.2) is 9.78 Å². The molecule has 0 saturated heterocycles. The highest BCUT2D eigenvalue weighted by atomic mass is 17.3. The third-order valence-corrected chi connectivity index (χ3v) is 2.72. The zero-order valence-electron chi connectivity index (χ0n) is 15.1. The first kappa shape index (κ1) is 21.8. The summed E-state index contributed by atoms with van der Waals surface area (Å²) in [5, 5.41) is 18.7. The van der Waals surface area contributed by atoms with E-state index in [1.54, 1.807) is 41.5 Å². The lowest BCUT2D eigenvalue weighted by atomic mass is 9.81. The Morgan fingerprint density at radius 1 is 0.739 bits per heavy atom. The molecule has 136 valence electrons. The van der Waals surface area contributed by atoms with Crippen LogP contribution in [0.4, 0.5) is 0 Å². The Morgan fingerprint density at radius 3 is 1.30 bits per heavy atom. The van der Waals surface area contributed by atoms with Crippen molar-refractivity contribution in [3.05, 3.63) is 0 Å². The lowest BCUT2D eigenvalue weighted by Gasteiger charge is -2.41. The lowest BCUT2D eigenvalue weighted by Crippen LogP contribution is -2.56. The monoisotopic (exact) mass is 336 g/mol. The molecule has 0 rings (SSSR count). The van der Waals surface area contributed by atoms with Crippen LogP contribution in [0.15, 0.2) is 0 Å². The highest BCUT2D eigenvalue weighted by Crippen LogP contribution is 2.41. The van der Waals surface area contributed by atoms with Gasteiger partial charge >= 0.3 is 11.9 Å². The molecule has 0 heterocycles. The zero-order valence-corrected chi connectivity index (χ0v) is 15.1. The summed E-state index contributed by atoms with van der Waals surface area (Å²) in [5.41, 5.74) is -3.41. The molecule has 0 aliphatic rings. The van der Waals surface area contributed by atoms with Gasteiger partial charge in [0.25, 0.3) is 5.79 Å². The normalized spacial score (nSPS) is 13.9. The van der Waals surface area contributed by atoms with Gasteiger partial charge in [-0.05, 0) is 55.4 Å². The van der Waals surface area contributed by atoms with Crippen LogP contribution in [0.2, 0.25) is 0 Å². The van der Waals surface area contributed by atoms with E-state index >= 15 is 0 Å². The molecule has 0 aromatic heterocycles. The molecule has 0 aromatic carbocycles. The van der Waals surface area contributed by atoms with Crippen molar-refractivity contribution >= 4 is 11.9 Å². The summed E-state index contributed by atoms with van der Waals surface area (Å²) in [4.78, 5) is 43.7. The van der Waals surface area contributed by atoms with Gasteiger partial charge in [-0.3, -0.25) is 9.59 Å². The smallest absolute Gasteiger partial charge is 0.314 e. The molecular weight excluding hydrogens is 308 g/mol. The van der Waals surface area contributed by atoms with E-state index in [4.69, 9.17) is 19.6 Å². The minimum atomic E-state index is -2.19. The van der Waals surface area contributed by atoms with Gasteiger partial charge in [-0.1, -0.05) is 0 Å². The van der Waals surface area contributed by atoms with Crippen molar-refractivity contribution in [3.8, 4) is 0 Å². The number of carbonyl (C=O) groups is 2. The maximum Gasteiger partial charge on any atom is 0.314 e. The fourth-order valence-electron chi connectivity index (χ4n) is 1.25. The van der Waals surface area contributed by atoms with Crippen LogP contribution in [0.25, 0.3) is 0 Å². The number of carboxylic acid groups (broad SMARTS) is 2. The summed E-state index contributed by atoms with van der Waals surface area (Å²) < 4.78 is 0. The van der Waals surface area contributed by atoms with Gasteiger partial charge in [0.2, 0.25) is 0 Å². The molecule has 0 aliphatic heterocycles. The molecule has 0 bridgehead atoms. The SMILES string of the molecule is CC(C)(C)OOC(CC(=O)O)(OOC(C)(C)C)C(C)(C)C(=O)O. The highest BCUT2D eigenvalue weighted by molar-refractivity contribution is 5.77. The Hall–Kier alpha value is -1.22. The molecule has 0 radical (unpaired) electrons. The largest absolute Gasteiger partial charge is 0.481 e. The second kappa shape index (κ2) is 7.12. The summed E-state index contributed by atoms with van der Waals surface area (Å²) in [6.45, 7) is 12.5. The van der Waals surface area contributed by atoms with E-state index in [-0.39, 0.29) is 0 Å². The van der Waals surface area contributed by atoms with Crippen LogP contribution in [0.1, 0.15) is 61.8 Å². The fraction of sp³-hybridized carbons (Fsp3) is 0.867. The molecule has 23 heavy (non-hydrogen) atoms. The second-order valence-corrected chi connectivity index (χ2v) is 7.81. The minimum absolute atomic E-state index is 0.793. The predicted molar refractivity (Wildman–Crippen MR) is 80.2 cm³/mol. The third-order valence-electron chi connectivity index (χ3n) is 2.72. The average Bonchev–Trinajstić information content (AvgIpc) is 2.29. The van der Waals surface area contributed by atoms with Crippen LogP contribution < -0.4 is 0 Å². The summed E-state index contributed by atoms with van der Waals surface area (Å²) in [7, 11) is 0. The number of hydrogen-bond donors (Lipinski definition) is 2. The van der Waals surface area contributed by atoms with Crippen molar-refractivity contribution < 1.29 is 39.4 Å². The second-order valence-electron chi connectivity index (χ2n) is 7.81. The first-order chi connectivity index (χ1) is 10.0. The number of carboxylic acids is 2. The highest BCUT2D eigenvalue weighted by Gasteiger charge is 2.58. The van der Waals surface area contributed by atoms with Crippen LogP contribution in [0, 0.1) is 5.41 Å². The molecule has 0 unspecified atom stereocenters. The predicted octanol–water partition coefficient (Wildman–Crippen LogP) is 2.76. The molecule has 8 nitrogen and oxygen atoms in total. The zero-order chi connectivity index (χ0) is 18.7. The van der Waals surface area contributed by atoms with E-state index in [1.165, 1.54) is 13.8 Å². The van der Waals surface area contributed by atoms with Crippen molar-refractivity contribution in [3.63, 3.8) is 0 Å². The van der Waals surface area contributed by atoms with Gasteiger partial charge in [-0.15, -0.1) is 0 Å². The van der Waals surface area contributed by atoms with Crippen LogP contribution in [-0.2, 0) is 29.1 Å². The minimum Gasteiger partial charge on any atom is -0.481 e. The van der Waals surface area contributed by atoms with Crippen molar-refractivity contribution in [1.82, 2.24) is 0 Å².